The highest BCUT2D eigenvalue weighted by Gasteiger charge is 2.45. The van der Waals surface area contributed by atoms with Crippen molar-refractivity contribution >= 4 is 12.1 Å². The molecular formula is C16H19NO5. The first-order chi connectivity index (χ1) is 10.6. The van der Waals surface area contributed by atoms with Crippen molar-refractivity contribution < 1.29 is 24.2 Å². The van der Waals surface area contributed by atoms with Gasteiger partial charge in [-0.15, -0.1) is 0 Å². The third-order valence-electron chi connectivity index (χ3n) is 4.33. The Balaban J connectivity index is 1.61. The van der Waals surface area contributed by atoms with Crippen LogP contribution in [0.5, 0.6) is 0 Å². The lowest BCUT2D eigenvalue weighted by Crippen LogP contribution is -2.51. The summed E-state index contributed by atoms with van der Waals surface area (Å²) in [6.07, 6.45) is 0.301. The van der Waals surface area contributed by atoms with Crippen molar-refractivity contribution in [2.75, 3.05) is 13.2 Å². The van der Waals surface area contributed by atoms with E-state index in [9.17, 15) is 9.59 Å². The molecule has 3 rings (SSSR count). The van der Waals surface area contributed by atoms with E-state index in [1.54, 1.807) is 4.90 Å². The van der Waals surface area contributed by atoms with Crippen LogP contribution in [-0.2, 0) is 20.9 Å². The van der Waals surface area contributed by atoms with Crippen LogP contribution in [0.15, 0.2) is 30.3 Å². The van der Waals surface area contributed by atoms with Gasteiger partial charge in [-0.1, -0.05) is 30.3 Å². The normalized spacial score (nSPS) is 27.3. The van der Waals surface area contributed by atoms with Crippen LogP contribution < -0.4 is 0 Å². The van der Waals surface area contributed by atoms with Crippen LogP contribution in [-0.4, -0.2) is 47.4 Å². The fraction of sp³-hybridized carbons (Fsp3) is 0.500. The largest absolute Gasteiger partial charge is 0.481 e. The Bertz CT molecular complexity index is 547. The first kappa shape index (κ1) is 14.8. The number of nitrogens with zero attached hydrogens (tertiary/aromatic N) is 1. The molecule has 0 aromatic heterocycles. The Morgan fingerprint density at radius 3 is 2.77 bits per heavy atom. The van der Waals surface area contributed by atoms with Crippen molar-refractivity contribution in [2.24, 2.45) is 5.92 Å². The van der Waals surface area contributed by atoms with Crippen LogP contribution in [0.25, 0.3) is 0 Å². The third kappa shape index (κ3) is 3.06. The topological polar surface area (TPSA) is 76.1 Å². The summed E-state index contributed by atoms with van der Waals surface area (Å²) in [6.45, 7) is 1.09. The number of morpholine rings is 1. The first-order valence-electron chi connectivity index (χ1n) is 7.47. The monoisotopic (exact) mass is 305 g/mol. The fourth-order valence-electron chi connectivity index (χ4n) is 3.18. The summed E-state index contributed by atoms with van der Waals surface area (Å²) in [5.74, 6) is -1.27. The maximum Gasteiger partial charge on any atom is 0.410 e. The molecular weight excluding hydrogens is 286 g/mol. The minimum atomic E-state index is -0.824. The molecule has 1 aliphatic carbocycles. The van der Waals surface area contributed by atoms with Crippen molar-refractivity contribution in [1.29, 1.82) is 0 Å². The Labute approximate surface area is 128 Å². The quantitative estimate of drug-likeness (QED) is 0.923. The van der Waals surface area contributed by atoms with Gasteiger partial charge >= 0.3 is 12.1 Å². The number of rotatable bonds is 3. The van der Waals surface area contributed by atoms with Gasteiger partial charge in [-0.05, 0) is 18.4 Å². The predicted octanol–water partition coefficient (Wildman–Crippen LogP) is 1.89. The van der Waals surface area contributed by atoms with Gasteiger partial charge in [0.2, 0.25) is 0 Å². The number of carbonyl (C=O) groups is 2. The zero-order chi connectivity index (χ0) is 15.5. The highest BCUT2D eigenvalue weighted by molar-refractivity contribution is 5.72. The summed E-state index contributed by atoms with van der Waals surface area (Å²) in [5, 5.41) is 9.15. The molecule has 1 amide bonds. The van der Waals surface area contributed by atoms with E-state index in [0.717, 1.165) is 5.56 Å². The average molecular weight is 305 g/mol. The molecule has 22 heavy (non-hydrogen) atoms. The number of ether oxygens (including phenoxy) is 2. The molecule has 1 saturated heterocycles. The molecule has 2 aliphatic rings. The van der Waals surface area contributed by atoms with E-state index in [2.05, 4.69) is 0 Å². The Kier molecular flexibility index (Phi) is 4.29. The van der Waals surface area contributed by atoms with Crippen molar-refractivity contribution in [3.05, 3.63) is 35.9 Å². The van der Waals surface area contributed by atoms with Gasteiger partial charge in [-0.25, -0.2) is 4.79 Å². The van der Waals surface area contributed by atoms with Crippen molar-refractivity contribution in [1.82, 2.24) is 4.90 Å². The average Bonchev–Trinajstić information content (AvgIpc) is 2.98. The van der Waals surface area contributed by atoms with Crippen LogP contribution in [0.3, 0.4) is 0 Å². The number of fused-ring (bicyclic) bond motifs is 1. The molecule has 1 N–H and O–H groups in total. The van der Waals surface area contributed by atoms with E-state index in [-0.39, 0.29) is 18.8 Å². The highest BCUT2D eigenvalue weighted by Crippen LogP contribution is 2.34. The van der Waals surface area contributed by atoms with Crippen molar-refractivity contribution in [3.8, 4) is 0 Å². The number of hydrogen-bond donors (Lipinski definition) is 1. The lowest BCUT2D eigenvalue weighted by Gasteiger charge is -2.36. The van der Waals surface area contributed by atoms with Crippen LogP contribution >= 0.6 is 0 Å². The lowest BCUT2D eigenvalue weighted by molar-refractivity contribution is -0.141. The second-order valence-corrected chi connectivity index (χ2v) is 5.72. The summed E-state index contributed by atoms with van der Waals surface area (Å²) >= 11 is 0. The zero-order valence-corrected chi connectivity index (χ0v) is 12.2. The van der Waals surface area contributed by atoms with Crippen molar-refractivity contribution in [3.63, 3.8) is 0 Å². The molecule has 0 unspecified atom stereocenters. The summed E-state index contributed by atoms with van der Waals surface area (Å²) in [7, 11) is 0. The Morgan fingerprint density at radius 2 is 2.05 bits per heavy atom. The number of hydrogen-bond acceptors (Lipinski definition) is 4. The van der Waals surface area contributed by atoms with Crippen LogP contribution in [0, 0.1) is 5.92 Å². The van der Waals surface area contributed by atoms with E-state index >= 15 is 0 Å². The molecule has 0 radical (unpaired) electrons. The molecule has 2 fully saturated rings. The van der Waals surface area contributed by atoms with Crippen LogP contribution in [0.4, 0.5) is 4.79 Å². The Morgan fingerprint density at radius 1 is 1.27 bits per heavy atom. The number of carbonyl (C=O) groups excluding carboxylic acids is 1. The molecule has 1 aliphatic heterocycles. The maximum absolute atomic E-state index is 12.3. The molecule has 6 heteroatoms. The number of aliphatic carboxylic acids is 1. The molecule has 1 aromatic rings. The molecule has 1 heterocycles. The molecule has 3 atom stereocenters. The van der Waals surface area contributed by atoms with Crippen LogP contribution in [0.1, 0.15) is 18.4 Å². The summed E-state index contributed by atoms with van der Waals surface area (Å²) < 4.78 is 11.0. The summed E-state index contributed by atoms with van der Waals surface area (Å²) in [6, 6.07) is 9.28. The van der Waals surface area contributed by atoms with Gasteiger partial charge in [0.15, 0.2) is 0 Å². The number of amides is 1. The molecule has 0 bridgehead atoms. The second kappa shape index (κ2) is 6.36. The molecule has 118 valence electrons. The third-order valence-corrected chi connectivity index (χ3v) is 4.33. The first-order valence-corrected chi connectivity index (χ1v) is 7.47. The zero-order valence-electron chi connectivity index (χ0n) is 12.2. The fourth-order valence-corrected chi connectivity index (χ4v) is 3.18. The minimum Gasteiger partial charge on any atom is -0.481 e. The van der Waals surface area contributed by atoms with Gasteiger partial charge < -0.3 is 19.5 Å². The van der Waals surface area contributed by atoms with Gasteiger partial charge in [0.1, 0.15) is 6.61 Å². The standard InChI is InChI=1S/C16H19NO5/c18-15(19)12-8-13-14(9-12)21-7-6-17(13)16(20)22-10-11-4-2-1-3-5-11/h1-5,12-14H,6-10H2,(H,18,19)/t12-,13+,14-/m0/s1. The lowest BCUT2D eigenvalue weighted by atomic mass is 10.1. The number of benzene rings is 1. The maximum atomic E-state index is 12.3. The summed E-state index contributed by atoms with van der Waals surface area (Å²) in [4.78, 5) is 25.1. The second-order valence-electron chi connectivity index (χ2n) is 5.72. The predicted molar refractivity (Wildman–Crippen MR) is 77.2 cm³/mol. The minimum absolute atomic E-state index is 0.195. The van der Waals surface area contributed by atoms with E-state index in [4.69, 9.17) is 14.6 Å². The molecule has 0 spiro atoms. The number of carboxylic acid groups (broad SMARTS) is 1. The SMILES string of the molecule is O=C(O)[C@@H]1C[C@@H]2OCCN(C(=O)OCc3ccccc3)[C@@H]2C1. The highest BCUT2D eigenvalue weighted by atomic mass is 16.6. The molecule has 1 aromatic carbocycles. The van der Waals surface area contributed by atoms with Gasteiger partial charge in [0.25, 0.3) is 0 Å². The van der Waals surface area contributed by atoms with Crippen molar-refractivity contribution in [2.45, 2.75) is 31.6 Å². The van der Waals surface area contributed by atoms with Crippen LogP contribution in [0.2, 0.25) is 0 Å². The number of carboxylic acids is 1. The van der Waals surface area contributed by atoms with E-state index < -0.39 is 18.0 Å². The van der Waals surface area contributed by atoms with Gasteiger partial charge in [0, 0.05) is 6.54 Å². The summed E-state index contributed by atoms with van der Waals surface area (Å²) in [5.41, 5.74) is 0.926. The molecule has 1 saturated carbocycles. The van der Waals surface area contributed by atoms with E-state index in [0.29, 0.717) is 26.0 Å². The molecule has 6 nitrogen and oxygen atoms in total. The van der Waals surface area contributed by atoms with Gasteiger partial charge in [0.05, 0.1) is 24.7 Å². The van der Waals surface area contributed by atoms with E-state index in [1.807, 2.05) is 30.3 Å². The smallest absolute Gasteiger partial charge is 0.410 e. The Hall–Kier alpha value is -2.08. The van der Waals surface area contributed by atoms with Gasteiger partial charge in [-0.3, -0.25) is 4.79 Å². The van der Waals surface area contributed by atoms with Gasteiger partial charge in [-0.2, -0.15) is 0 Å². The van der Waals surface area contributed by atoms with E-state index in [1.165, 1.54) is 0 Å².